The third-order valence-corrected chi connectivity index (χ3v) is 4.34. The fraction of sp³-hybridized carbons (Fsp3) is 0.167. The van der Waals surface area contributed by atoms with Crippen LogP contribution in [-0.2, 0) is 11.3 Å². The Morgan fingerprint density at radius 3 is 2.42 bits per heavy atom. The van der Waals surface area contributed by atoms with Gasteiger partial charge in [0, 0.05) is 11.0 Å². The number of imide groups is 1. The minimum atomic E-state index is -0.443. The van der Waals surface area contributed by atoms with E-state index in [1.165, 1.54) is 0 Å². The molecule has 2 aromatic rings. The van der Waals surface area contributed by atoms with Crippen LogP contribution in [0.1, 0.15) is 31.8 Å². The highest BCUT2D eigenvalue weighted by Gasteiger charge is 2.36. The first kappa shape index (κ1) is 16.4. The van der Waals surface area contributed by atoms with Crippen molar-refractivity contribution in [3.8, 4) is 0 Å². The van der Waals surface area contributed by atoms with E-state index in [0.717, 1.165) is 16.0 Å². The average molecular weight is 387 g/mol. The Hall–Kier alpha value is -2.47. The summed E-state index contributed by atoms with van der Waals surface area (Å²) < 4.78 is 0.716. The molecule has 5 nitrogen and oxygen atoms in total. The molecule has 0 atom stereocenters. The monoisotopic (exact) mass is 386 g/mol. The lowest BCUT2D eigenvalue weighted by molar-refractivity contribution is -0.121. The van der Waals surface area contributed by atoms with Gasteiger partial charge in [0.05, 0.1) is 11.1 Å². The fourth-order valence-electron chi connectivity index (χ4n) is 2.51. The van der Waals surface area contributed by atoms with Gasteiger partial charge < -0.3 is 5.32 Å². The predicted octanol–water partition coefficient (Wildman–Crippen LogP) is 2.67. The molecule has 0 saturated heterocycles. The van der Waals surface area contributed by atoms with Crippen molar-refractivity contribution in [1.82, 2.24) is 10.2 Å². The maximum atomic E-state index is 12.3. The molecule has 6 heteroatoms. The zero-order valence-electron chi connectivity index (χ0n) is 13.0. The Kier molecular flexibility index (Phi) is 4.49. The molecule has 0 unspecified atom stereocenters. The van der Waals surface area contributed by atoms with Crippen LogP contribution in [0, 0.1) is 6.92 Å². The third kappa shape index (κ3) is 3.23. The number of aryl methyl sites for hydroxylation is 1. The molecule has 0 bridgehead atoms. The highest BCUT2D eigenvalue weighted by atomic mass is 79.9. The van der Waals surface area contributed by atoms with Gasteiger partial charge in [-0.3, -0.25) is 19.3 Å². The van der Waals surface area contributed by atoms with Crippen LogP contribution in [0.25, 0.3) is 0 Å². The van der Waals surface area contributed by atoms with Gasteiger partial charge in [-0.15, -0.1) is 0 Å². The van der Waals surface area contributed by atoms with E-state index >= 15 is 0 Å². The molecule has 0 fully saturated rings. The lowest BCUT2D eigenvalue weighted by Crippen LogP contribution is -2.40. The van der Waals surface area contributed by atoms with Crippen LogP contribution in [0.5, 0.6) is 0 Å². The van der Waals surface area contributed by atoms with E-state index in [2.05, 4.69) is 21.2 Å². The second-order valence-electron chi connectivity index (χ2n) is 5.65. The molecule has 0 radical (unpaired) electrons. The molecule has 1 N–H and O–H groups in total. The summed E-state index contributed by atoms with van der Waals surface area (Å²) in [6.07, 6.45) is 0. The number of amides is 3. The Morgan fingerprint density at radius 1 is 1.04 bits per heavy atom. The summed E-state index contributed by atoms with van der Waals surface area (Å²) in [5, 5.41) is 2.73. The average Bonchev–Trinajstić information content (AvgIpc) is 2.79. The molecule has 1 aliphatic rings. The van der Waals surface area contributed by atoms with Crippen molar-refractivity contribution in [3.05, 3.63) is 69.2 Å². The molecule has 24 heavy (non-hydrogen) atoms. The molecule has 3 rings (SSSR count). The van der Waals surface area contributed by atoms with E-state index in [-0.39, 0.29) is 12.5 Å². The van der Waals surface area contributed by atoms with Crippen LogP contribution in [0.15, 0.2) is 46.9 Å². The molecule has 1 aliphatic heterocycles. The predicted molar refractivity (Wildman–Crippen MR) is 92.5 cm³/mol. The minimum Gasteiger partial charge on any atom is -0.350 e. The highest BCUT2D eigenvalue weighted by molar-refractivity contribution is 9.10. The van der Waals surface area contributed by atoms with E-state index in [0.29, 0.717) is 22.1 Å². The normalized spacial score (nSPS) is 13.2. The minimum absolute atomic E-state index is 0.282. The first-order chi connectivity index (χ1) is 11.5. The summed E-state index contributed by atoms with van der Waals surface area (Å²) in [5.74, 6) is -1.25. The third-order valence-electron chi connectivity index (χ3n) is 3.84. The zero-order valence-corrected chi connectivity index (χ0v) is 14.6. The maximum absolute atomic E-state index is 12.3. The smallest absolute Gasteiger partial charge is 0.262 e. The number of hydrogen-bond acceptors (Lipinski definition) is 3. The van der Waals surface area contributed by atoms with Gasteiger partial charge in [0.2, 0.25) is 5.91 Å². The summed E-state index contributed by atoms with van der Waals surface area (Å²) in [6, 6.07) is 12.7. The first-order valence-electron chi connectivity index (χ1n) is 7.43. The topological polar surface area (TPSA) is 66.5 Å². The molecule has 122 valence electrons. The van der Waals surface area contributed by atoms with Crippen molar-refractivity contribution in [1.29, 1.82) is 0 Å². The summed E-state index contributed by atoms with van der Waals surface area (Å²) >= 11 is 3.28. The van der Waals surface area contributed by atoms with Crippen LogP contribution in [0.3, 0.4) is 0 Å². The Labute approximate surface area is 147 Å². The largest absolute Gasteiger partial charge is 0.350 e. The molecule has 2 aromatic carbocycles. The van der Waals surface area contributed by atoms with Crippen molar-refractivity contribution in [3.63, 3.8) is 0 Å². The zero-order chi connectivity index (χ0) is 17.3. The SMILES string of the molecule is Cc1ccc(CNC(=O)CN2C(=O)c3ccc(Br)cc3C2=O)cc1. The standard InChI is InChI=1S/C18H15BrN2O3/c1-11-2-4-12(5-3-11)9-20-16(22)10-21-17(23)14-7-6-13(19)8-15(14)18(21)24/h2-8H,9-10H2,1H3,(H,20,22). The number of benzene rings is 2. The molecule has 3 amide bonds. The fourth-order valence-corrected chi connectivity index (χ4v) is 2.87. The van der Waals surface area contributed by atoms with Crippen LogP contribution in [0.4, 0.5) is 0 Å². The number of hydrogen-bond donors (Lipinski definition) is 1. The van der Waals surface area contributed by atoms with E-state index in [1.54, 1.807) is 18.2 Å². The lowest BCUT2D eigenvalue weighted by atomic mass is 10.1. The number of fused-ring (bicyclic) bond motifs is 1. The highest BCUT2D eigenvalue weighted by Crippen LogP contribution is 2.25. The Morgan fingerprint density at radius 2 is 1.71 bits per heavy atom. The van der Waals surface area contributed by atoms with E-state index in [4.69, 9.17) is 0 Å². The first-order valence-corrected chi connectivity index (χ1v) is 8.23. The van der Waals surface area contributed by atoms with Gasteiger partial charge in [-0.05, 0) is 30.7 Å². The van der Waals surface area contributed by atoms with Crippen molar-refractivity contribution in [2.75, 3.05) is 6.54 Å². The lowest BCUT2D eigenvalue weighted by Gasteiger charge is -2.13. The quantitative estimate of drug-likeness (QED) is 0.821. The van der Waals surface area contributed by atoms with E-state index < -0.39 is 11.8 Å². The molecule has 0 saturated carbocycles. The van der Waals surface area contributed by atoms with Gasteiger partial charge in [0.25, 0.3) is 11.8 Å². The second kappa shape index (κ2) is 6.57. The van der Waals surface area contributed by atoms with Crippen LogP contribution >= 0.6 is 15.9 Å². The molecule has 0 aliphatic carbocycles. The number of nitrogens with zero attached hydrogens (tertiary/aromatic N) is 1. The molecule has 0 aromatic heterocycles. The van der Waals surface area contributed by atoms with Crippen LogP contribution in [0.2, 0.25) is 0 Å². The van der Waals surface area contributed by atoms with Gasteiger partial charge in [-0.2, -0.15) is 0 Å². The Bertz CT molecular complexity index is 831. The van der Waals surface area contributed by atoms with E-state index in [9.17, 15) is 14.4 Å². The van der Waals surface area contributed by atoms with Crippen molar-refractivity contribution in [2.24, 2.45) is 0 Å². The molecule has 0 spiro atoms. The van der Waals surface area contributed by atoms with Crippen molar-refractivity contribution < 1.29 is 14.4 Å². The number of carbonyl (C=O) groups is 3. The molecule has 1 heterocycles. The van der Waals surface area contributed by atoms with Gasteiger partial charge in [-0.25, -0.2) is 0 Å². The van der Waals surface area contributed by atoms with E-state index in [1.807, 2.05) is 31.2 Å². The van der Waals surface area contributed by atoms with Gasteiger partial charge in [0.15, 0.2) is 0 Å². The molecular formula is C18H15BrN2O3. The number of carbonyl (C=O) groups excluding carboxylic acids is 3. The van der Waals surface area contributed by atoms with Gasteiger partial charge in [0.1, 0.15) is 6.54 Å². The Balaban J connectivity index is 1.64. The summed E-state index contributed by atoms with van der Waals surface area (Å²) in [4.78, 5) is 37.6. The summed E-state index contributed by atoms with van der Waals surface area (Å²) in [6.45, 7) is 2.06. The van der Waals surface area contributed by atoms with Gasteiger partial charge in [-0.1, -0.05) is 45.8 Å². The second-order valence-corrected chi connectivity index (χ2v) is 6.56. The van der Waals surface area contributed by atoms with Crippen molar-refractivity contribution >= 4 is 33.7 Å². The number of halogens is 1. The molecular weight excluding hydrogens is 372 g/mol. The van der Waals surface area contributed by atoms with Crippen molar-refractivity contribution in [2.45, 2.75) is 13.5 Å². The van der Waals surface area contributed by atoms with Crippen LogP contribution < -0.4 is 5.32 Å². The number of rotatable bonds is 4. The van der Waals surface area contributed by atoms with Crippen LogP contribution in [-0.4, -0.2) is 29.2 Å². The summed E-state index contributed by atoms with van der Waals surface area (Å²) in [7, 11) is 0. The maximum Gasteiger partial charge on any atom is 0.262 e. The summed E-state index contributed by atoms with van der Waals surface area (Å²) in [5.41, 5.74) is 2.75. The van der Waals surface area contributed by atoms with Gasteiger partial charge >= 0.3 is 0 Å². The number of nitrogens with one attached hydrogen (secondary N) is 1.